The largest absolute Gasteiger partial charge is 0.357 e. The number of aryl methyl sites for hydroxylation is 3. The van der Waals surface area contributed by atoms with Gasteiger partial charge in [-0.05, 0) is 96.3 Å². The first-order chi connectivity index (χ1) is 17.1. The molecule has 1 atom stereocenters. The van der Waals surface area contributed by atoms with Crippen molar-refractivity contribution in [3.63, 3.8) is 0 Å². The highest BCUT2D eigenvalue weighted by molar-refractivity contribution is 5.81. The van der Waals surface area contributed by atoms with Gasteiger partial charge in [-0.15, -0.1) is 5.10 Å². The molecule has 35 heavy (non-hydrogen) atoms. The van der Waals surface area contributed by atoms with Crippen molar-refractivity contribution in [2.45, 2.75) is 70.9 Å². The molecule has 2 aliphatic rings. The molecule has 180 valence electrons. The Morgan fingerprint density at radius 3 is 2.66 bits per heavy atom. The van der Waals surface area contributed by atoms with Crippen molar-refractivity contribution < 1.29 is 0 Å². The van der Waals surface area contributed by atoms with E-state index in [4.69, 9.17) is 0 Å². The Labute approximate surface area is 205 Å². The number of fused-ring (bicyclic) bond motifs is 2. The summed E-state index contributed by atoms with van der Waals surface area (Å²) < 4.78 is 2.02. The molecule has 1 aliphatic carbocycles. The van der Waals surface area contributed by atoms with E-state index < -0.39 is 0 Å². The normalized spacial score (nSPS) is 17.5. The SMILES string of the molecule is Cc1cc2cc([C@H](c3nnnn3C3CCCCC3)N3CCCc4ccccc43)c(=O)[nH]c2cc1C. The number of aromatic nitrogens is 5. The average molecular weight is 469 g/mol. The van der Waals surface area contributed by atoms with Crippen molar-refractivity contribution in [3.05, 3.63) is 80.9 Å². The van der Waals surface area contributed by atoms with Crippen molar-refractivity contribution in [3.8, 4) is 0 Å². The number of pyridine rings is 1. The van der Waals surface area contributed by atoms with Gasteiger partial charge >= 0.3 is 0 Å². The van der Waals surface area contributed by atoms with Crippen LogP contribution in [0.1, 0.15) is 78.7 Å². The molecule has 4 aromatic rings. The topological polar surface area (TPSA) is 79.7 Å². The summed E-state index contributed by atoms with van der Waals surface area (Å²) in [5.41, 5.74) is 6.35. The molecule has 3 heterocycles. The maximum Gasteiger partial charge on any atom is 0.254 e. The fourth-order valence-electron chi connectivity index (χ4n) is 5.94. The molecule has 1 saturated carbocycles. The minimum atomic E-state index is -0.358. The molecule has 7 heteroatoms. The Morgan fingerprint density at radius 2 is 1.80 bits per heavy atom. The summed E-state index contributed by atoms with van der Waals surface area (Å²) in [5.74, 6) is 0.766. The number of anilines is 1. The van der Waals surface area contributed by atoms with Crippen LogP contribution in [0.3, 0.4) is 0 Å². The minimum absolute atomic E-state index is 0.0769. The third-order valence-electron chi connectivity index (χ3n) is 7.92. The van der Waals surface area contributed by atoms with E-state index >= 15 is 0 Å². The lowest BCUT2D eigenvalue weighted by atomic mass is 9.93. The van der Waals surface area contributed by atoms with Gasteiger partial charge in [0, 0.05) is 23.3 Å². The lowest BCUT2D eigenvalue weighted by Gasteiger charge is -2.38. The Hall–Kier alpha value is -3.48. The van der Waals surface area contributed by atoms with Gasteiger partial charge in [-0.2, -0.15) is 0 Å². The highest BCUT2D eigenvalue weighted by Gasteiger charge is 2.34. The molecule has 0 radical (unpaired) electrons. The second-order valence-electron chi connectivity index (χ2n) is 10.2. The highest BCUT2D eigenvalue weighted by atomic mass is 16.1. The Bertz CT molecular complexity index is 1430. The van der Waals surface area contributed by atoms with Gasteiger partial charge in [0.15, 0.2) is 5.82 Å². The molecule has 0 spiro atoms. The van der Waals surface area contributed by atoms with Crippen molar-refractivity contribution in [1.82, 2.24) is 25.2 Å². The molecular weight excluding hydrogens is 436 g/mol. The van der Waals surface area contributed by atoms with Crippen LogP contribution in [0, 0.1) is 13.8 Å². The van der Waals surface area contributed by atoms with Crippen molar-refractivity contribution in [1.29, 1.82) is 0 Å². The maximum atomic E-state index is 13.6. The number of hydrogen-bond acceptors (Lipinski definition) is 5. The Kier molecular flexibility index (Phi) is 5.63. The van der Waals surface area contributed by atoms with Crippen LogP contribution in [0.2, 0.25) is 0 Å². The number of nitrogens with one attached hydrogen (secondary N) is 1. The van der Waals surface area contributed by atoms with Crippen LogP contribution >= 0.6 is 0 Å². The molecule has 0 bridgehead atoms. The van der Waals surface area contributed by atoms with E-state index in [0.29, 0.717) is 5.56 Å². The van der Waals surface area contributed by atoms with Gasteiger partial charge in [0.25, 0.3) is 5.56 Å². The zero-order valence-electron chi connectivity index (χ0n) is 20.5. The number of tetrazole rings is 1. The van der Waals surface area contributed by atoms with Crippen LogP contribution in [0.15, 0.2) is 47.3 Å². The molecule has 1 fully saturated rings. The van der Waals surface area contributed by atoms with Crippen LogP contribution in [-0.4, -0.2) is 31.7 Å². The zero-order chi connectivity index (χ0) is 23.9. The predicted molar refractivity (Wildman–Crippen MR) is 138 cm³/mol. The first-order valence-corrected chi connectivity index (χ1v) is 12.9. The summed E-state index contributed by atoms with van der Waals surface area (Å²) in [6.45, 7) is 5.04. The summed E-state index contributed by atoms with van der Waals surface area (Å²) in [6, 6.07) is 14.7. The van der Waals surface area contributed by atoms with Gasteiger partial charge in [-0.3, -0.25) is 4.79 Å². The number of para-hydroxylation sites is 1. The molecule has 2 aromatic carbocycles. The Morgan fingerprint density at radius 1 is 1.00 bits per heavy atom. The number of hydrogen-bond donors (Lipinski definition) is 1. The summed E-state index contributed by atoms with van der Waals surface area (Å²) in [4.78, 5) is 19.2. The second-order valence-corrected chi connectivity index (χ2v) is 10.2. The lowest BCUT2D eigenvalue weighted by Crippen LogP contribution is -2.39. The van der Waals surface area contributed by atoms with E-state index in [2.05, 4.69) is 81.7 Å². The average Bonchev–Trinajstić information content (AvgIpc) is 3.36. The third-order valence-corrected chi connectivity index (χ3v) is 7.92. The van der Waals surface area contributed by atoms with Crippen LogP contribution in [0.25, 0.3) is 10.9 Å². The van der Waals surface area contributed by atoms with E-state index in [1.807, 2.05) is 4.68 Å². The van der Waals surface area contributed by atoms with Gasteiger partial charge in [0.05, 0.1) is 6.04 Å². The molecular formula is C28H32N6O. The predicted octanol–water partition coefficient (Wildman–Crippen LogP) is 5.18. The maximum absolute atomic E-state index is 13.6. The summed E-state index contributed by atoms with van der Waals surface area (Å²) in [5, 5.41) is 14.2. The first-order valence-electron chi connectivity index (χ1n) is 12.9. The molecule has 2 aromatic heterocycles. The number of rotatable bonds is 4. The summed E-state index contributed by atoms with van der Waals surface area (Å²) in [7, 11) is 0. The van der Waals surface area contributed by atoms with Gasteiger partial charge in [-0.1, -0.05) is 37.5 Å². The van der Waals surface area contributed by atoms with E-state index in [-0.39, 0.29) is 17.6 Å². The van der Waals surface area contributed by atoms with Crippen molar-refractivity contribution >= 4 is 16.6 Å². The molecule has 1 aliphatic heterocycles. The van der Waals surface area contributed by atoms with Crippen LogP contribution in [0.5, 0.6) is 0 Å². The van der Waals surface area contributed by atoms with E-state index in [0.717, 1.165) is 49.0 Å². The minimum Gasteiger partial charge on any atom is -0.357 e. The monoisotopic (exact) mass is 468 g/mol. The van der Waals surface area contributed by atoms with Gasteiger partial charge < -0.3 is 9.88 Å². The van der Waals surface area contributed by atoms with E-state index in [9.17, 15) is 4.79 Å². The first kappa shape index (κ1) is 22.0. The molecule has 1 N–H and O–H groups in total. The standard InChI is InChI=1S/C28H32N6O/c1-18-15-21-17-23(28(35)29-24(21)16-19(18)2)26(33-14-8-10-20-9-6-7-13-25(20)33)27-30-31-32-34(27)22-11-4-3-5-12-22/h6-7,9,13,15-17,22,26H,3-5,8,10-12,14H2,1-2H3,(H,29,35)/t26-/m1/s1. The van der Waals surface area contributed by atoms with Crippen LogP contribution < -0.4 is 10.5 Å². The quantitative estimate of drug-likeness (QED) is 0.446. The highest BCUT2D eigenvalue weighted by Crippen LogP contribution is 2.38. The summed E-state index contributed by atoms with van der Waals surface area (Å²) >= 11 is 0. The van der Waals surface area contributed by atoms with Gasteiger partial charge in [0.1, 0.15) is 6.04 Å². The number of benzene rings is 2. The number of aromatic amines is 1. The smallest absolute Gasteiger partial charge is 0.254 e. The van der Waals surface area contributed by atoms with Crippen molar-refractivity contribution in [2.75, 3.05) is 11.4 Å². The Balaban J connectivity index is 1.56. The number of nitrogens with zero attached hydrogens (tertiary/aromatic N) is 5. The third kappa shape index (κ3) is 3.93. The van der Waals surface area contributed by atoms with Crippen molar-refractivity contribution in [2.24, 2.45) is 0 Å². The fourth-order valence-corrected chi connectivity index (χ4v) is 5.94. The molecule has 7 nitrogen and oxygen atoms in total. The molecule has 6 rings (SSSR count). The second kappa shape index (κ2) is 8.95. The zero-order valence-corrected chi connectivity index (χ0v) is 20.5. The van der Waals surface area contributed by atoms with E-state index in [1.165, 1.54) is 41.6 Å². The molecule has 0 saturated heterocycles. The fraction of sp³-hybridized carbons (Fsp3) is 0.429. The lowest BCUT2D eigenvalue weighted by molar-refractivity contribution is 0.313. The molecule has 0 amide bonds. The van der Waals surface area contributed by atoms with Crippen LogP contribution in [0.4, 0.5) is 5.69 Å². The van der Waals surface area contributed by atoms with Crippen LogP contribution in [-0.2, 0) is 6.42 Å². The molecule has 0 unspecified atom stereocenters. The van der Waals surface area contributed by atoms with E-state index in [1.54, 1.807) is 0 Å². The number of H-pyrrole nitrogens is 1. The van der Waals surface area contributed by atoms with Gasteiger partial charge in [0.2, 0.25) is 0 Å². The van der Waals surface area contributed by atoms with Gasteiger partial charge in [-0.25, -0.2) is 4.68 Å². The summed E-state index contributed by atoms with van der Waals surface area (Å²) in [6.07, 6.45) is 7.87.